The minimum absolute atomic E-state index is 0.139. The van der Waals surface area contributed by atoms with Gasteiger partial charge < -0.3 is 9.67 Å². The maximum absolute atomic E-state index is 12.6. The van der Waals surface area contributed by atoms with E-state index in [9.17, 15) is 9.59 Å². The number of para-hydroxylation sites is 1. The van der Waals surface area contributed by atoms with E-state index in [1.54, 1.807) is 6.07 Å². The van der Waals surface area contributed by atoms with Crippen molar-refractivity contribution in [3.05, 3.63) is 45.7 Å². The van der Waals surface area contributed by atoms with Crippen molar-refractivity contribution in [2.24, 2.45) is 0 Å². The number of aromatic nitrogens is 1. The number of carbonyl (C=O) groups is 1. The van der Waals surface area contributed by atoms with Crippen LogP contribution in [0.4, 0.5) is 0 Å². The van der Waals surface area contributed by atoms with Gasteiger partial charge in [-0.1, -0.05) is 25.0 Å². The maximum atomic E-state index is 12.6. The van der Waals surface area contributed by atoms with Crippen molar-refractivity contribution in [2.75, 3.05) is 0 Å². The lowest BCUT2D eigenvalue weighted by Gasteiger charge is -2.23. The Kier molecular flexibility index (Phi) is 3.53. The van der Waals surface area contributed by atoms with Crippen LogP contribution in [0.25, 0.3) is 10.9 Å². The molecule has 2 aromatic rings. The van der Waals surface area contributed by atoms with E-state index in [-0.39, 0.29) is 11.8 Å². The highest BCUT2D eigenvalue weighted by molar-refractivity contribution is 5.82. The summed E-state index contributed by atoms with van der Waals surface area (Å²) in [5.41, 5.74) is 2.03. The van der Waals surface area contributed by atoms with Gasteiger partial charge >= 0.3 is 5.97 Å². The highest BCUT2D eigenvalue weighted by Crippen LogP contribution is 2.33. The summed E-state index contributed by atoms with van der Waals surface area (Å²) in [6.07, 6.45) is 4.38. The second kappa shape index (κ2) is 5.35. The van der Waals surface area contributed by atoms with E-state index < -0.39 is 5.97 Å². The molecule has 1 heterocycles. The molecule has 21 heavy (non-hydrogen) atoms. The lowest BCUT2D eigenvalue weighted by molar-refractivity contribution is -0.136. The van der Waals surface area contributed by atoms with E-state index >= 15 is 0 Å². The third-order valence-electron chi connectivity index (χ3n) is 4.50. The molecule has 0 spiro atoms. The summed E-state index contributed by atoms with van der Waals surface area (Å²) >= 11 is 0. The van der Waals surface area contributed by atoms with Gasteiger partial charge in [0.05, 0.1) is 11.9 Å². The number of carboxylic acid groups (broad SMARTS) is 1. The maximum Gasteiger partial charge on any atom is 0.308 e. The van der Waals surface area contributed by atoms with Crippen LogP contribution < -0.4 is 5.43 Å². The Morgan fingerprint density at radius 1 is 1.29 bits per heavy atom. The lowest BCUT2D eigenvalue weighted by Crippen LogP contribution is -2.23. The first-order valence-electron chi connectivity index (χ1n) is 7.44. The number of carboxylic acids is 1. The Morgan fingerprint density at radius 3 is 2.62 bits per heavy atom. The summed E-state index contributed by atoms with van der Waals surface area (Å²) < 4.78 is 2.20. The summed E-state index contributed by atoms with van der Waals surface area (Å²) in [6, 6.07) is 7.91. The van der Waals surface area contributed by atoms with Gasteiger partial charge in [-0.05, 0) is 31.9 Å². The van der Waals surface area contributed by atoms with Gasteiger partial charge in [0.25, 0.3) is 0 Å². The molecule has 1 aromatic carbocycles. The molecule has 0 amide bonds. The number of aliphatic carboxylic acids is 1. The van der Waals surface area contributed by atoms with Crippen molar-refractivity contribution in [3.63, 3.8) is 0 Å². The van der Waals surface area contributed by atoms with Crippen LogP contribution in [0, 0.1) is 6.92 Å². The van der Waals surface area contributed by atoms with Crippen molar-refractivity contribution >= 4 is 16.9 Å². The van der Waals surface area contributed by atoms with Crippen molar-refractivity contribution < 1.29 is 9.90 Å². The van der Waals surface area contributed by atoms with Crippen LogP contribution >= 0.6 is 0 Å². The Hall–Kier alpha value is -2.10. The minimum Gasteiger partial charge on any atom is -0.481 e. The zero-order valence-corrected chi connectivity index (χ0v) is 12.1. The molecule has 1 aliphatic carbocycles. The van der Waals surface area contributed by atoms with Gasteiger partial charge in [0, 0.05) is 22.7 Å². The Bertz CT molecular complexity index is 754. The molecule has 0 atom stereocenters. The third kappa shape index (κ3) is 2.35. The molecule has 110 valence electrons. The number of rotatable bonds is 3. The van der Waals surface area contributed by atoms with E-state index in [0.29, 0.717) is 17.0 Å². The van der Waals surface area contributed by atoms with E-state index in [1.807, 2.05) is 25.1 Å². The van der Waals surface area contributed by atoms with Crippen molar-refractivity contribution in [2.45, 2.75) is 45.1 Å². The average Bonchev–Trinajstić information content (AvgIpc) is 2.97. The monoisotopic (exact) mass is 285 g/mol. The first-order valence-corrected chi connectivity index (χ1v) is 7.44. The van der Waals surface area contributed by atoms with Crippen LogP contribution in [0.15, 0.2) is 29.1 Å². The standard InChI is InChI=1S/C17H19NO3/c1-11-14(10-16(19)20)17(21)13-8-4-5-9-15(13)18(11)12-6-2-3-7-12/h4-5,8-9,12H,2-3,6-7,10H2,1H3,(H,19,20). The second-order valence-electron chi connectivity index (χ2n) is 5.79. The highest BCUT2D eigenvalue weighted by atomic mass is 16.4. The Balaban J connectivity index is 2.33. The molecule has 1 aromatic heterocycles. The van der Waals surface area contributed by atoms with Gasteiger partial charge in [0.15, 0.2) is 5.43 Å². The fraction of sp³-hybridized carbons (Fsp3) is 0.412. The molecule has 1 N–H and O–H groups in total. The zero-order valence-electron chi connectivity index (χ0n) is 12.1. The van der Waals surface area contributed by atoms with Crippen LogP contribution in [-0.4, -0.2) is 15.6 Å². The van der Waals surface area contributed by atoms with Gasteiger partial charge in [-0.2, -0.15) is 0 Å². The van der Waals surface area contributed by atoms with E-state index in [1.165, 1.54) is 12.8 Å². The molecule has 1 saturated carbocycles. The summed E-state index contributed by atoms with van der Waals surface area (Å²) in [6.45, 7) is 1.88. The summed E-state index contributed by atoms with van der Waals surface area (Å²) in [5.74, 6) is -0.955. The summed E-state index contributed by atoms with van der Waals surface area (Å²) in [5, 5.41) is 9.73. The topological polar surface area (TPSA) is 59.3 Å². The predicted molar refractivity (Wildman–Crippen MR) is 81.8 cm³/mol. The largest absolute Gasteiger partial charge is 0.481 e. The molecule has 0 radical (unpaired) electrons. The lowest BCUT2D eigenvalue weighted by atomic mass is 10.0. The fourth-order valence-electron chi connectivity index (χ4n) is 3.52. The molecule has 3 rings (SSSR count). The molecule has 4 heteroatoms. The smallest absolute Gasteiger partial charge is 0.308 e. The van der Waals surface area contributed by atoms with Crippen molar-refractivity contribution in [1.29, 1.82) is 0 Å². The number of benzene rings is 1. The van der Waals surface area contributed by atoms with Gasteiger partial charge in [0.1, 0.15) is 0 Å². The Morgan fingerprint density at radius 2 is 1.95 bits per heavy atom. The molecular weight excluding hydrogens is 266 g/mol. The molecule has 0 unspecified atom stereocenters. The SMILES string of the molecule is Cc1c(CC(=O)O)c(=O)c2ccccc2n1C1CCCC1. The van der Waals surface area contributed by atoms with Crippen LogP contribution in [0.5, 0.6) is 0 Å². The molecular formula is C17H19NO3. The predicted octanol–water partition coefficient (Wildman–Crippen LogP) is 3.05. The second-order valence-corrected chi connectivity index (χ2v) is 5.79. The summed E-state index contributed by atoms with van der Waals surface area (Å²) in [7, 11) is 0. The van der Waals surface area contributed by atoms with Crippen molar-refractivity contribution in [1.82, 2.24) is 4.57 Å². The number of nitrogens with zero attached hydrogens (tertiary/aromatic N) is 1. The molecule has 0 saturated heterocycles. The van der Waals surface area contributed by atoms with E-state index in [0.717, 1.165) is 24.1 Å². The van der Waals surface area contributed by atoms with Crippen molar-refractivity contribution in [3.8, 4) is 0 Å². The van der Waals surface area contributed by atoms with Crippen LogP contribution in [0.2, 0.25) is 0 Å². The van der Waals surface area contributed by atoms with Gasteiger partial charge in [-0.25, -0.2) is 0 Å². The quantitative estimate of drug-likeness (QED) is 0.943. The zero-order chi connectivity index (χ0) is 15.0. The van der Waals surface area contributed by atoms with Gasteiger partial charge in [0.2, 0.25) is 0 Å². The number of fused-ring (bicyclic) bond motifs is 1. The number of pyridine rings is 1. The normalized spacial score (nSPS) is 15.7. The number of hydrogen-bond acceptors (Lipinski definition) is 2. The molecule has 4 nitrogen and oxygen atoms in total. The molecule has 0 bridgehead atoms. The third-order valence-corrected chi connectivity index (χ3v) is 4.50. The average molecular weight is 285 g/mol. The Labute approximate surface area is 123 Å². The van der Waals surface area contributed by atoms with Gasteiger partial charge in [-0.15, -0.1) is 0 Å². The minimum atomic E-state index is -0.955. The molecule has 1 aliphatic rings. The van der Waals surface area contributed by atoms with Crippen LogP contribution in [0.3, 0.4) is 0 Å². The first-order chi connectivity index (χ1) is 10.1. The molecule has 1 fully saturated rings. The van der Waals surface area contributed by atoms with E-state index in [2.05, 4.69) is 4.57 Å². The fourth-order valence-corrected chi connectivity index (χ4v) is 3.52. The van der Waals surface area contributed by atoms with Crippen LogP contribution in [0.1, 0.15) is 43.0 Å². The van der Waals surface area contributed by atoms with E-state index in [4.69, 9.17) is 5.11 Å². The first kappa shape index (κ1) is 13.9. The van der Waals surface area contributed by atoms with Crippen LogP contribution in [-0.2, 0) is 11.2 Å². The summed E-state index contributed by atoms with van der Waals surface area (Å²) in [4.78, 5) is 23.7. The highest BCUT2D eigenvalue weighted by Gasteiger charge is 2.23. The number of hydrogen-bond donors (Lipinski definition) is 1. The van der Waals surface area contributed by atoms with Gasteiger partial charge in [-0.3, -0.25) is 9.59 Å². The molecule has 0 aliphatic heterocycles.